The number of hydrogen-bond acceptors (Lipinski definition) is 4. The van der Waals surface area contributed by atoms with Gasteiger partial charge in [0.1, 0.15) is 0 Å². The molecule has 2 amide bonds. The van der Waals surface area contributed by atoms with Crippen LogP contribution in [0, 0.1) is 5.92 Å². The van der Waals surface area contributed by atoms with Gasteiger partial charge in [0, 0.05) is 32.1 Å². The van der Waals surface area contributed by atoms with Crippen LogP contribution in [0.1, 0.15) is 32.6 Å². The number of nitrogens with zero attached hydrogens (tertiary/aromatic N) is 2. The Bertz CT molecular complexity index is 375. The molecule has 3 N–H and O–H groups in total. The number of carbonyl (C=O) groups excluding carboxylic acids is 2. The highest BCUT2D eigenvalue weighted by atomic mass is 16.2. The van der Waals surface area contributed by atoms with E-state index in [2.05, 4.69) is 17.1 Å². The van der Waals surface area contributed by atoms with Crippen molar-refractivity contribution in [3.63, 3.8) is 0 Å². The lowest BCUT2D eigenvalue weighted by Crippen LogP contribution is -2.41. The SMILES string of the molecule is CCN1CCCC1CN1CC(C(=O)NCCCN)CC1=O. The molecule has 0 radical (unpaired) electrons. The van der Waals surface area contributed by atoms with Crippen molar-refractivity contribution in [3.05, 3.63) is 0 Å². The fourth-order valence-electron chi connectivity index (χ4n) is 3.35. The number of nitrogens with one attached hydrogen (secondary N) is 1. The van der Waals surface area contributed by atoms with Crippen LogP contribution in [0.25, 0.3) is 0 Å². The summed E-state index contributed by atoms with van der Waals surface area (Å²) in [6.07, 6.45) is 3.51. The molecule has 2 fully saturated rings. The van der Waals surface area contributed by atoms with E-state index in [-0.39, 0.29) is 17.7 Å². The van der Waals surface area contributed by atoms with Crippen LogP contribution in [-0.4, -0.2) is 66.9 Å². The minimum Gasteiger partial charge on any atom is -0.356 e. The molecule has 2 atom stereocenters. The smallest absolute Gasteiger partial charge is 0.225 e. The number of amides is 2. The van der Waals surface area contributed by atoms with Gasteiger partial charge in [-0.3, -0.25) is 14.5 Å². The maximum atomic E-state index is 12.1. The van der Waals surface area contributed by atoms with E-state index in [1.807, 2.05) is 4.90 Å². The average Bonchev–Trinajstić information content (AvgIpc) is 3.06. The summed E-state index contributed by atoms with van der Waals surface area (Å²) in [5.41, 5.74) is 5.41. The first-order chi connectivity index (χ1) is 10.2. The predicted octanol–water partition coefficient (Wildman–Crippen LogP) is -0.216. The van der Waals surface area contributed by atoms with Gasteiger partial charge in [0.15, 0.2) is 0 Å². The predicted molar refractivity (Wildman–Crippen MR) is 81.6 cm³/mol. The summed E-state index contributed by atoms with van der Waals surface area (Å²) < 4.78 is 0. The first kappa shape index (κ1) is 16.2. The zero-order chi connectivity index (χ0) is 15.2. The quantitative estimate of drug-likeness (QED) is 0.637. The molecule has 2 saturated heterocycles. The van der Waals surface area contributed by atoms with Crippen molar-refractivity contribution in [2.24, 2.45) is 11.7 Å². The molecule has 0 aromatic heterocycles. The summed E-state index contributed by atoms with van der Waals surface area (Å²) in [5, 5.41) is 2.87. The van der Waals surface area contributed by atoms with Crippen molar-refractivity contribution in [1.82, 2.24) is 15.1 Å². The molecule has 6 nitrogen and oxygen atoms in total. The molecular formula is C15H28N4O2. The Kier molecular flexibility index (Phi) is 5.99. The van der Waals surface area contributed by atoms with Gasteiger partial charge in [0.05, 0.1) is 5.92 Å². The van der Waals surface area contributed by atoms with Gasteiger partial charge in [-0.05, 0) is 38.9 Å². The lowest BCUT2D eigenvalue weighted by atomic mass is 10.1. The van der Waals surface area contributed by atoms with Crippen LogP contribution in [0.2, 0.25) is 0 Å². The zero-order valence-electron chi connectivity index (χ0n) is 13.0. The van der Waals surface area contributed by atoms with Gasteiger partial charge in [-0.25, -0.2) is 0 Å². The highest BCUT2D eigenvalue weighted by Crippen LogP contribution is 2.23. The van der Waals surface area contributed by atoms with Gasteiger partial charge in [-0.15, -0.1) is 0 Å². The molecular weight excluding hydrogens is 268 g/mol. The molecule has 120 valence electrons. The molecule has 0 saturated carbocycles. The van der Waals surface area contributed by atoms with E-state index in [9.17, 15) is 9.59 Å². The van der Waals surface area contributed by atoms with E-state index in [0.29, 0.717) is 32.1 Å². The van der Waals surface area contributed by atoms with Crippen LogP contribution >= 0.6 is 0 Å². The minimum absolute atomic E-state index is 0.00179. The number of rotatable bonds is 7. The lowest BCUT2D eigenvalue weighted by molar-refractivity contribution is -0.129. The van der Waals surface area contributed by atoms with E-state index in [1.54, 1.807) is 0 Å². The van der Waals surface area contributed by atoms with Crippen molar-refractivity contribution in [1.29, 1.82) is 0 Å². The van der Waals surface area contributed by atoms with Crippen molar-refractivity contribution in [2.75, 3.05) is 39.3 Å². The monoisotopic (exact) mass is 296 g/mol. The Morgan fingerprint density at radius 1 is 1.48 bits per heavy atom. The van der Waals surface area contributed by atoms with Crippen LogP contribution < -0.4 is 11.1 Å². The normalized spacial score (nSPS) is 26.6. The molecule has 0 aliphatic carbocycles. The lowest BCUT2D eigenvalue weighted by Gasteiger charge is -2.27. The highest BCUT2D eigenvalue weighted by Gasteiger charge is 2.36. The van der Waals surface area contributed by atoms with Crippen LogP contribution in [0.5, 0.6) is 0 Å². The third-order valence-electron chi connectivity index (χ3n) is 4.60. The average molecular weight is 296 g/mol. The minimum atomic E-state index is -0.188. The number of carbonyl (C=O) groups is 2. The van der Waals surface area contributed by atoms with Gasteiger partial charge in [-0.1, -0.05) is 6.92 Å². The second-order valence-corrected chi connectivity index (χ2v) is 6.06. The van der Waals surface area contributed by atoms with Crippen molar-refractivity contribution < 1.29 is 9.59 Å². The third kappa shape index (κ3) is 4.17. The molecule has 2 rings (SSSR count). The summed E-state index contributed by atoms with van der Waals surface area (Å²) in [7, 11) is 0. The molecule has 2 unspecified atom stereocenters. The van der Waals surface area contributed by atoms with Crippen LogP contribution in [0.15, 0.2) is 0 Å². The van der Waals surface area contributed by atoms with Crippen molar-refractivity contribution >= 4 is 11.8 Å². The third-order valence-corrected chi connectivity index (χ3v) is 4.60. The molecule has 0 aromatic rings. The Labute approximate surface area is 127 Å². The molecule has 0 spiro atoms. The Hall–Kier alpha value is -1.14. The second-order valence-electron chi connectivity index (χ2n) is 6.06. The fourth-order valence-corrected chi connectivity index (χ4v) is 3.35. The first-order valence-corrected chi connectivity index (χ1v) is 8.15. The molecule has 2 heterocycles. The molecule has 21 heavy (non-hydrogen) atoms. The van der Waals surface area contributed by atoms with E-state index < -0.39 is 0 Å². The second kappa shape index (κ2) is 7.75. The molecule has 0 aromatic carbocycles. The fraction of sp³-hybridized carbons (Fsp3) is 0.867. The summed E-state index contributed by atoms with van der Waals surface area (Å²) in [4.78, 5) is 28.5. The topological polar surface area (TPSA) is 78.7 Å². The summed E-state index contributed by atoms with van der Waals surface area (Å²) in [6, 6.07) is 0.470. The number of likely N-dealkylation sites (tertiary alicyclic amines) is 2. The largest absolute Gasteiger partial charge is 0.356 e. The Morgan fingerprint density at radius 3 is 3.00 bits per heavy atom. The van der Waals surface area contributed by atoms with E-state index in [0.717, 1.165) is 32.5 Å². The maximum absolute atomic E-state index is 12.1. The summed E-state index contributed by atoms with van der Waals surface area (Å²) >= 11 is 0. The molecule has 2 aliphatic heterocycles. The van der Waals surface area contributed by atoms with Gasteiger partial charge in [0.25, 0.3) is 0 Å². The molecule has 2 aliphatic rings. The number of likely N-dealkylation sites (N-methyl/N-ethyl adjacent to an activating group) is 1. The first-order valence-electron chi connectivity index (χ1n) is 8.15. The number of hydrogen-bond donors (Lipinski definition) is 2. The van der Waals surface area contributed by atoms with Crippen molar-refractivity contribution in [2.45, 2.75) is 38.6 Å². The van der Waals surface area contributed by atoms with E-state index in [4.69, 9.17) is 5.73 Å². The Morgan fingerprint density at radius 2 is 2.29 bits per heavy atom. The van der Waals surface area contributed by atoms with Crippen molar-refractivity contribution in [3.8, 4) is 0 Å². The maximum Gasteiger partial charge on any atom is 0.225 e. The molecule has 6 heteroatoms. The van der Waals surface area contributed by atoms with Crippen LogP contribution in [0.3, 0.4) is 0 Å². The summed E-state index contributed by atoms with van der Waals surface area (Å²) in [6.45, 7) is 6.86. The van der Waals surface area contributed by atoms with Crippen LogP contribution in [0.4, 0.5) is 0 Å². The van der Waals surface area contributed by atoms with Crippen LogP contribution in [-0.2, 0) is 9.59 Å². The number of nitrogens with two attached hydrogens (primary N) is 1. The zero-order valence-corrected chi connectivity index (χ0v) is 13.0. The highest BCUT2D eigenvalue weighted by molar-refractivity contribution is 5.89. The van der Waals surface area contributed by atoms with Gasteiger partial charge >= 0.3 is 0 Å². The van der Waals surface area contributed by atoms with Gasteiger partial charge in [-0.2, -0.15) is 0 Å². The van der Waals surface area contributed by atoms with Gasteiger partial charge < -0.3 is 16.0 Å². The standard InChI is InChI=1S/C15H28N4O2/c1-2-18-8-3-5-13(18)11-19-10-12(9-14(19)20)15(21)17-7-4-6-16/h12-13H,2-11,16H2,1H3,(H,17,21). The summed E-state index contributed by atoms with van der Waals surface area (Å²) in [5.74, 6) is -0.0678. The van der Waals surface area contributed by atoms with E-state index >= 15 is 0 Å². The van der Waals surface area contributed by atoms with E-state index in [1.165, 1.54) is 6.42 Å². The van der Waals surface area contributed by atoms with Gasteiger partial charge in [0.2, 0.25) is 11.8 Å². The molecule has 0 bridgehead atoms. The Balaban J connectivity index is 1.80.